The normalized spacial score (nSPS) is 24.0. The first-order valence-electron chi connectivity index (χ1n) is 6.44. The van der Waals surface area contributed by atoms with Crippen molar-refractivity contribution in [3.8, 4) is 0 Å². The number of nitro groups is 1. The number of hydrogen-bond donors (Lipinski definition) is 0. The lowest BCUT2D eigenvalue weighted by Crippen LogP contribution is -2.41. The smallest absolute Gasteiger partial charge is 0.358 e. The first-order valence-corrected chi connectivity index (χ1v) is 7.32. The molecule has 0 spiro atoms. The molecule has 3 rings (SSSR count). The van der Waals surface area contributed by atoms with Crippen molar-refractivity contribution in [3.05, 3.63) is 21.7 Å². The van der Waals surface area contributed by atoms with E-state index < -0.39 is 0 Å². The summed E-state index contributed by atoms with van der Waals surface area (Å²) in [5.41, 5.74) is 0. The van der Waals surface area contributed by atoms with E-state index in [4.69, 9.17) is 0 Å². The van der Waals surface area contributed by atoms with E-state index in [9.17, 15) is 10.1 Å². The van der Waals surface area contributed by atoms with E-state index in [0.29, 0.717) is 22.7 Å². The molecule has 0 N–H and O–H groups in total. The quantitative estimate of drug-likeness (QED) is 0.626. The third-order valence-electron chi connectivity index (χ3n) is 3.78. The molecule has 2 aromatic rings. The maximum absolute atomic E-state index is 11.3. The molecule has 0 radical (unpaired) electrons. The summed E-state index contributed by atoms with van der Waals surface area (Å²) in [6.45, 7) is 5.14. The van der Waals surface area contributed by atoms with Crippen LogP contribution in [0, 0.1) is 16.0 Å². The summed E-state index contributed by atoms with van der Waals surface area (Å²) in [5.74, 6) is 1.17. The number of hydrogen-bond acceptors (Lipinski definition) is 5. The van der Waals surface area contributed by atoms with Gasteiger partial charge in [0.1, 0.15) is 6.20 Å². The van der Waals surface area contributed by atoms with Crippen LogP contribution in [0.15, 0.2) is 11.6 Å². The molecule has 1 fully saturated rings. The second-order valence-electron chi connectivity index (χ2n) is 5.26. The topological polar surface area (TPSA) is 63.7 Å². The fourth-order valence-corrected chi connectivity index (χ4v) is 3.41. The fourth-order valence-electron chi connectivity index (χ4n) is 2.71. The van der Waals surface area contributed by atoms with Crippen molar-refractivity contribution in [1.29, 1.82) is 0 Å². The largest absolute Gasteiger partial charge is 0.373 e. The molecular formula is C12H16N4O2S. The van der Waals surface area contributed by atoms with Crippen LogP contribution in [-0.2, 0) is 0 Å². The number of anilines is 1. The van der Waals surface area contributed by atoms with E-state index in [0.717, 1.165) is 13.0 Å². The molecule has 102 valence electrons. The van der Waals surface area contributed by atoms with E-state index in [2.05, 4.69) is 23.7 Å². The first-order chi connectivity index (χ1) is 9.08. The van der Waals surface area contributed by atoms with Gasteiger partial charge in [-0.1, -0.05) is 18.3 Å². The predicted molar refractivity (Wildman–Crippen MR) is 74.9 cm³/mol. The highest BCUT2D eigenvalue weighted by atomic mass is 32.1. The van der Waals surface area contributed by atoms with Crippen LogP contribution in [-0.4, -0.2) is 26.9 Å². The molecule has 1 aliphatic heterocycles. The molecule has 0 aliphatic carbocycles. The van der Waals surface area contributed by atoms with Crippen LogP contribution in [0.4, 0.5) is 11.6 Å². The average Bonchev–Trinajstić information content (AvgIpc) is 2.91. The zero-order valence-electron chi connectivity index (χ0n) is 10.9. The predicted octanol–water partition coefficient (Wildman–Crippen LogP) is 2.93. The van der Waals surface area contributed by atoms with E-state index in [1.54, 1.807) is 10.6 Å². The molecule has 0 saturated carbocycles. The van der Waals surface area contributed by atoms with Gasteiger partial charge in [0.05, 0.1) is 0 Å². The Bertz CT molecular complexity index is 620. The molecule has 6 nitrogen and oxygen atoms in total. The van der Waals surface area contributed by atoms with Crippen LogP contribution < -0.4 is 4.90 Å². The van der Waals surface area contributed by atoms with Gasteiger partial charge >= 0.3 is 5.82 Å². The van der Waals surface area contributed by atoms with Gasteiger partial charge in [0, 0.05) is 18.0 Å². The lowest BCUT2D eigenvalue weighted by atomic mass is 9.95. The van der Waals surface area contributed by atoms with E-state index >= 15 is 0 Å². The zero-order valence-corrected chi connectivity index (χ0v) is 11.8. The van der Waals surface area contributed by atoms with Gasteiger partial charge in [-0.15, -0.1) is 0 Å². The van der Waals surface area contributed by atoms with Crippen molar-refractivity contribution in [2.24, 2.45) is 5.92 Å². The van der Waals surface area contributed by atoms with Crippen molar-refractivity contribution >= 4 is 27.9 Å². The molecule has 2 atom stereocenters. The number of aromatic nitrogens is 2. The minimum absolute atomic E-state index is 0.0946. The average molecular weight is 280 g/mol. The zero-order chi connectivity index (χ0) is 13.6. The number of piperidine rings is 1. The number of rotatable bonds is 2. The van der Waals surface area contributed by atoms with Gasteiger partial charge < -0.3 is 15.0 Å². The van der Waals surface area contributed by atoms with Gasteiger partial charge in [0.15, 0.2) is 0 Å². The van der Waals surface area contributed by atoms with Crippen LogP contribution in [0.3, 0.4) is 0 Å². The monoisotopic (exact) mass is 280 g/mol. The van der Waals surface area contributed by atoms with Crippen LogP contribution in [0.1, 0.15) is 26.7 Å². The van der Waals surface area contributed by atoms with Gasteiger partial charge in [0.2, 0.25) is 5.82 Å². The van der Waals surface area contributed by atoms with Gasteiger partial charge in [-0.05, 0) is 30.6 Å². The molecule has 2 aromatic heterocycles. The molecule has 0 bridgehead atoms. The Kier molecular flexibility index (Phi) is 2.93. The lowest BCUT2D eigenvalue weighted by molar-refractivity contribution is -0.389. The molecule has 0 aromatic carbocycles. The van der Waals surface area contributed by atoms with E-state index in [1.165, 1.54) is 17.8 Å². The number of imidazole rings is 1. The van der Waals surface area contributed by atoms with Crippen LogP contribution in [0.25, 0.3) is 4.96 Å². The molecule has 7 heteroatoms. The van der Waals surface area contributed by atoms with E-state index in [1.807, 2.05) is 5.38 Å². The van der Waals surface area contributed by atoms with Crippen LogP contribution >= 0.6 is 11.3 Å². The summed E-state index contributed by atoms with van der Waals surface area (Å²) < 4.78 is 1.58. The highest BCUT2D eigenvalue weighted by Gasteiger charge is 2.33. The number of fused-ring (bicyclic) bond motifs is 1. The second kappa shape index (κ2) is 4.48. The van der Waals surface area contributed by atoms with Gasteiger partial charge in [-0.2, -0.15) is 9.38 Å². The molecule has 1 saturated heterocycles. The minimum Gasteiger partial charge on any atom is -0.358 e. The first kappa shape index (κ1) is 12.4. The van der Waals surface area contributed by atoms with Gasteiger partial charge in [0.25, 0.3) is 4.96 Å². The van der Waals surface area contributed by atoms with Crippen LogP contribution in [0.5, 0.6) is 0 Å². The SMILES string of the molecule is CC1CCC(C)N(c2nc3sccn3c2[N+](=O)[O-])C1. The van der Waals surface area contributed by atoms with Crippen LogP contribution in [0.2, 0.25) is 0 Å². The standard InChI is InChI=1S/C12H16N4O2S/c1-8-3-4-9(2)15(7-8)10-11(16(17)18)14-5-6-19-12(14)13-10/h5-6,8-9H,3-4,7H2,1-2H3. The summed E-state index contributed by atoms with van der Waals surface area (Å²) in [6, 6.07) is 0.305. The Hall–Kier alpha value is -1.63. The van der Waals surface area contributed by atoms with Crippen molar-refractivity contribution in [2.45, 2.75) is 32.7 Å². The number of nitrogens with zero attached hydrogens (tertiary/aromatic N) is 4. The second-order valence-corrected chi connectivity index (χ2v) is 6.13. The maximum Gasteiger partial charge on any atom is 0.373 e. The molecule has 1 aliphatic rings. The molecule has 2 unspecified atom stereocenters. The lowest BCUT2D eigenvalue weighted by Gasteiger charge is -2.36. The summed E-state index contributed by atoms with van der Waals surface area (Å²) in [7, 11) is 0. The van der Waals surface area contributed by atoms with Crippen molar-refractivity contribution < 1.29 is 4.92 Å². The molecule has 3 heterocycles. The Morgan fingerprint density at radius 3 is 3.00 bits per heavy atom. The fraction of sp³-hybridized carbons (Fsp3) is 0.583. The summed E-state index contributed by atoms with van der Waals surface area (Å²) in [5, 5.41) is 13.2. The minimum atomic E-state index is -0.325. The Labute approximate surface area is 114 Å². The summed E-state index contributed by atoms with van der Waals surface area (Å²) in [4.78, 5) is 18.3. The summed E-state index contributed by atoms with van der Waals surface area (Å²) in [6.07, 6.45) is 3.95. The molecule has 19 heavy (non-hydrogen) atoms. The van der Waals surface area contributed by atoms with Crippen molar-refractivity contribution in [2.75, 3.05) is 11.4 Å². The Morgan fingerprint density at radius 2 is 2.26 bits per heavy atom. The third kappa shape index (κ3) is 1.98. The maximum atomic E-state index is 11.3. The molecule has 0 amide bonds. The Morgan fingerprint density at radius 1 is 1.47 bits per heavy atom. The van der Waals surface area contributed by atoms with Crippen molar-refractivity contribution in [3.63, 3.8) is 0 Å². The van der Waals surface area contributed by atoms with E-state index in [-0.39, 0.29) is 10.7 Å². The van der Waals surface area contributed by atoms with Gasteiger partial charge in [-0.25, -0.2) is 0 Å². The third-order valence-corrected chi connectivity index (χ3v) is 4.54. The number of thiazole rings is 1. The highest BCUT2D eigenvalue weighted by Crippen LogP contribution is 2.35. The van der Waals surface area contributed by atoms with Crippen molar-refractivity contribution in [1.82, 2.24) is 9.38 Å². The summed E-state index contributed by atoms with van der Waals surface area (Å²) >= 11 is 1.43. The van der Waals surface area contributed by atoms with Gasteiger partial charge in [-0.3, -0.25) is 0 Å². The highest BCUT2D eigenvalue weighted by molar-refractivity contribution is 7.15. The molecular weight excluding hydrogens is 264 g/mol. The Balaban J connectivity index is 2.10.